The van der Waals surface area contributed by atoms with Gasteiger partial charge in [-0.1, -0.05) is 15.9 Å². The number of fused-ring (bicyclic) bond motifs is 2. The number of pyridine rings is 1. The van der Waals surface area contributed by atoms with Gasteiger partial charge in [-0.05, 0) is 24.3 Å². The molecular formula is C21H16BrFN6OS. The molecule has 31 heavy (non-hydrogen) atoms. The minimum absolute atomic E-state index is 0.266. The van der Waals surface area contributed by atoms with Crippen LogP contribution in [0.5, 0.6) is 0 Å². The third-order valence-electron chi connectivity index (χ3n) is 5.18. The van der Waals surface area contributed by atoms with E-state index in [0.717, 1.165) is 20.6 Å². The van der Waals surface area contributed by atoms with E-state index in [1.807, 2.05) is 0 Å². The van der Waals surface area contributed by atoms with E-state index in [9.17, 15) is 9.18 Å². The van der Waals surface area contributed by atoms with E-state index in [1.54, 1.807) is 35.6 Å². The lowest BCUT2D eigenvalue weighted by Crippen LogP contribution is -2.41. The van der Waals surface area contributed by atoms with Crippen molar-refractivity contribution in [2.24, 2.45) is 5.73 Å². The Balaban J connectivity index is 1.60. The third kappa shape index (κ3) is 3.51. The molecule has 0 saturated carbocycles. The number of aromatic nitrogens is 4. The molecule has 1 amide bonds. The predicted octanol–water partition coefficient (Wildman–Crippen LogP) is 3.79. The molecule has 1 atom stereocenters. The van der Waals surface area contributed by atoms with Crippen molar-refractivity contribution in [1.29, 1.82) is 0 Å². The number of benzene rings is 1. The molecule has 0 saturated heterocycles. The van der Waals surface area contributed by atoms with Gasteiger partial charge in [-0.15, -0.1) is 11.3 Å². The Bertz CT molecular complexity index is 1330. The average molecular weight is 499 g/mol. The largest absolute Gasteiger partial charge is 0.404 e. The van der Waals surface area contributed by atoms with E-state index in [0.29, 0.717) is 29.2 Å². The fourth-order valence-electron chi connectivity index (χ4n) is 3.75. The highest BCUT2D eigenvalue weighted by Crippen LogP contribution is 2.38. The second-order valence-electron chi connectivity index (χ2n) is 7.02. The van der Waals surface area contributed by atoms with Crippen molar-refractivity contribution in [1.82, 2.24) is 24.8 Å². The zero-order valence-electron chi connectivity index (χ0n) is 16.0. The summed E-state index contributed by atoms with van der Waals surface area (Å²) in [5.41, 5.74) is 8.86. The fraction of sp³-hybridized carbons (Fsp3) is 0.143. The van der Waals surface area contributed by atoms with Crippen LogP contribution < -0.4 is 5.73 Å². The van der Waals surface area contributed by atoms with Crippen LogP contribution in [0.3, 0.4) is 0 Å². The molecule has 0 aliphatic carbocycles. The Morgan fingerprint density at radius 3 is 3.00 bits per heavy atom. The zero-order valence-corrected chi connectivity index (χ0v) is 18.5. The molecule has 10 heteroatoms. The van der Waals surface area contributed by atoms with Crippen LogP contribution in [0.2, 0.25) is 0 Å². The summed E-state index contributed by atoms with van der Waals surface area (Å²) < 4.78 is 15.3. The van der Waals surface area contributed by atoms with E-state index in [1.165, 1.54) is 29.7 Å². The van der Waals surface area contributed by atoms with Gasteiger partial charge in [0.25, 0.3) is 5.91 Å². The molecule has 0 bridgehead atoms. The van der Waals surface area contributed by atoms with Crippen LogP contribution >= 0.6 is 27.3 Å². The van der Waals surface area contributed by atoms with E-state index < -0.39 is 6.04 Å². The maximum Gasteiger partial charge on any atom is 0.258 e. The molecular weight excluding hydrogens is 483 g/mol. The molecule has 3 aromatic heterocycles. The molecule has 1 aliphatic heterocycles. The first-order chi connectivity index (χ1) is 15.0. The summed E-state index contributed by atoms with van der Waals surface area (Å²) in [6.45, 7) is 0.453. The number of aromatic amines is 1. The van der Waals surface area contributed by atoms with Crippen LogP contribution in [0.25, 0.3) is 15.8 Å². The summed E-state index contributed by atoms with van der Waals surface area (Å²) in [7, 11) is 0. The molecule has 0 unspecified atom stereocenters. The summed E-state index contributed by atoms with van der Waals surface area (Å²) in [6, 6.07) is 7.51. The lowest BCUT2D eigenvalue weighted by atomic mass is 10.0. The number of imidazole rings is 1. The molecule has 3 N–H and O–H groups in total. The molecule has 156 valence electrons. The topological polar surface area (TPSA) is 101 Å². The first kappa shape index (κ1) is 19.8. The van der Waals surface area contributed by atoms with Gasteiger partial charge >= 0.3 is 0 Å². The van der Waals surface area contributed by atoms with E-state index >= 15 is 0 Å². The van der Waals surface area contributed by atoms with Crippen molar-refractivity contribution in [2.45, 2.75) is 12.5 Å². The first-order valence-electron chi connectivity index (χ1n) is 9.48. The van der Waals surface area contributed by atoms with E-state index in [2.05, 4.69) is 35.9 Å². The van der Waals surface area contributed by atoms with Crippen LogP contribution in [0.15, 0.2) is 53.5 Å². The third-order valence-corrected chi connectivity index (χ3v) is 6.76. The Labute approximate surface area is 189 Å². The number of rotatable bonds is 3. The van der Waals surface area contributed by atoms with Gasteiger partial charge in [-0.2, -0.15) is 0 Å². The summed E-state index contributed by atoms with van der Waals surface area (Å²) in [4.78, 5) is 31.9. The molecule has 0 fully saturated rings. The summed E-state index contributed by atoms with van der Waals surface area (Å²) in [5.74, 6) is -0.618. The highest BCUT2D eigenvalue weighted by Gasteiger charge is 2.37. The molecule has 1 aliphatic rings. The molecule has 0 radical (unpaired) electrons. The lowest BCUT2D eigenvalue weighted by molar-refractivity contribution is -0.127. The normalized spacial score (nSPS) is 16.5. The van der Waals surface area contributed by atoms with Crippen LogP contribution in [-0.4, -0.2) is 37.3 Å². The van der Waals surface area contributed by atoms with Crippen molar-refractivity contribution in [2.75, 3.05) is 6.54 Å². The maximum atomic E-state index is 13.7. The highest BCUT2D eigenvalue weighted by molar-refractivity contribution is 9.10. The van der Waals surface area contributed by atoms with Crippen molar-refractivity contribution in [3.05, 3.63) is 81.4 Å². The number of halogens is 2. The minimum Gasteiger partial charge on any atom is -0.404 e. The van der Waals surface area contributed by atoms with Gasteiger partial charge in [-0.25, -0.2) is 14.4 Å². The number of carbonyl (C=O) groups is 1. The van der Waals surface area contributed by atoms with Crippen molar-refractivity contribution in [3.8, 4) is 0 Å². The zero-order chi connectivity index (χ0) is 21.5. The fourth-order valence-corrected chi connectivity index (χ4v) is 5.15. The molecule has 4 heterocycles. The molecule has 0 spiro atoms. The number of nitrogens with zero attached hydrogens (tertiary/aromatic N) is 4. The second kappa shape index (κ2) is 7.86. The van der Waals surface area contributed by atoms with Crippen molar-refractivity contribution in [3.63, 3.8) is 0 Å². The van der Waals surface area contributed by atoms with Crippen LogP contribution in [0, 0.1) is 5.82 Å². The monoisotopic (exact) mass is 498 g/mol. The van der Waals surface area contributed by atoms with Gasteiger partial charge in [0.1, 0.15) is 16.9 Å². The standard InChI is InChI=1S/C21H16BrFN6OS/c22-11-3-5-25-15(7-11)13(9-24)21(30)29-6-4-14-18(27-10-26-14)19(29)20-28-16-8-12(23)1-2-17(16)31-20/h1-3,5,7-10,19H,4,6,24H2,(H,26,27)/t19-/m0/s1. The number of H-pyrrole nitrogens is 1. The van der Waals surface area contributed by atoms with Gasteiger partial charge in [-0.3, -0.25) is 9.78 Å². The highest BCUT2D eigenvalue weighted by atomic mass is 79.9. The molecule has 5 rings (SSSR count). The van der Waals surface area contributed by atoms with Gasteiger partial charge in [0.2, 0.25) is 0 Å². The van der Waals surface area contributed by atoms with E-state index in [-0.39, 0.29) is 17.3 Å². The van der Waals surface area contributed by atoms with E-state index in [4.69, 9.17) is 5.73 Å². The van der Waals surface area contributed by atoms with Crippen LogP contribution in [-0.2, 0) is 11.2 Å². The number of amides is 1. The number of nitrogens with two attached hydrogens (primary N) is 1. The second-order valence-corrected chi connectivity index (χ2v) is 9.00. The van der Waals surface area contributed by atoms with Crippen LogP contribution in [0.4, 0.5) is 4.39 Å². The predicted molar refractivity (Wildman–Crippen MR) is 120 cm³/mol. The first-order valence-corrected chi connectivity index (χ1v) is 11.1. The number of nitrogens with one attached hydrogen (secondary N) is 1. The molecule has 1 aromatic carbocycles. The van der Waals surface area contributed by atoms with Gasteiger partial charge in [0, 0.05) is 41.6 Å². The Morgan fingerprint density at radius 1 is 1.32 bits per heavy atom. The lowest BCUT2D eigenvalue weighted by Gasteiger charge is -2.34. The number of carbonyl (C=O) groups excluding carboxylic acids is 1. The summed E-state index contributed by atoms with van der Waals surface area (Å²) in [5, 5.41) is 0.667. The minimum atomic E-state index is -0.509. The van der Waals surface area contributed by atoms with Crippen LogP contribution in [0.1, 0.15) is 28.1 Å². The van der Waals surface area contributed by atoms with Crippen molar-refractivity contribution < 1.29 is 9.18 Å². The van der Waals surface area contributed by atoms with Crippen molar-refractivity contribution >= 4 is 49.0 Å². The SMILES string of the molecule is NC=C(C(=O)N1CCc2[nH]cnc2[C@H]1c1nc2cc(F)ccc2s1)c1cc(Br)ccn1. The maximum absolute atomic E-state index is 13.7. The Morgan fingerprint density at radius 2 is 2.19 bits per heavy atom. The smallest absolute Gasteiger partial charge is 0.258 e. The van der Waals surface area contributed by atoms with Gasteiger partial charge in [0.15, 0.2) is 0 Å². The quantitative estimate of drug-likeness (QED) is 0.418. The number of hydrogen-bond donors (Lipinski definition) is 2. The van der Waals surface area contributed by atoms with Gasteiger partial charge < -0.3 is 15.6 Å². The average Bonchev–Trinajstić information content (AvgIpc) is 3.39. The summed E-state index contributed by atoms with van der Waals surface area (Å²) >= 11 is 4.83. The number of hydrogen-bond acceptors (Lipinski definition) is 6. The number of thiazole rings is 1. The Hall–Kier alpha value is -3.11. The molecule has 4 aromatic rings. The van der Waals surface area contributed by atoms with Gasteiger partial charge in [0.05, 0.1) is 33.5 Å². The Kier molecular flexibility index (Phi) is 5.03. The summed E-state index contributed by atoms with van der Waals surface area (Å²) in [6.07, 6.45) is 5.13. The molecule has 7 nitrogen and oxygen atoms in total.